The molecule has 2 heterocycles. The Balaban J connectivity index is 1.55. The number of alkyl halides is 3. The predicted octanol–water partition coefficient (Wildman–Crippen LogP) is 4.48. The Bertz CT molecular complexity index is 953. The van der Waals surface area contributed by atoms with E-state index in [9.17, 15) is 22.8 Å². The molecule has 1 aliphatic rings. The van der Waals surface area contributed by atoms with Gasteiger partial charge in [-0.25, -0.2) is 0 Å². The lowest BCUT2D eigenvalue weighted by atomic mass is 10.0. The minimum atomic E-state index is -4.64. The Labute approximate surface area is 182 Å². The SMILES string of the molecule is Cc1ccc(C(=O)NC2CCN(C(C)C(=O)Nc3ccc(Cl)cc3C(F)(F)F)CC2)o1. The molecule has 0 bridgehead atoms. The maximum Gasteiger partial charge on any atom is 0.418 e. The first-order valence-electron chi connectivity index (χ1n) is 9.83. The molecule has 1 aromatic heterocycles. The number of furan rings is 1. The van der Waals surface area contributed by atoms with Crippen molar-refractivity contribution in [2.24, 2.45) is 0 Å². The van der Waals surface area contributed by atoms with E-state index < -0.39 is 23.7 Å². The molecule has 2 aromatic rings. The first-order valence-corrected chi connectivity index (χ1v) is 10.2. The lowest BCUT2D eigenvalue weighted by Gasteiger charge is -2.35. The number of nitrogens with zero attached hydrogens (tertiary/aromatic N) is 1. The Morgan fingerprint density at radius 1 is 1.19 bits per heavy atom. The van der Waals surface area contributed by atoms with E-state index >= 15 is 0 Å². The lowest BCUT2D eigenvalue weighted by molar-refractivity contribution is -0.137. The van der Waals surface area contributed by atoms with Crippen molar-refractivity contribution in [2.45, 2.75) is 44.9 Å². The van der Waals surface area contributed by atoms with E-state index in [0.29, 0.717) is 31.7 Å². The number of likely N-dealkylation sites (tertiary alicyclic amines) is 1. The summed E-state index contributed by atoms with van der Waals surface area (Å²) in [5, 5.41) is 5.21. The fraction of sp³-hybridized carbons (Fsp3) is 0.429. The molecule has 1 fully saturated rings. The monoisotopic (exact) mass is 457 g/mol. The van der Waals surface area contributed by atoms with Crippen LogP contribution in [0.2, 0.25) is 5.02 Å². The molecule has 1 aliphatic heterocycles. The summed E-state index contributed by atoms with van der Waals surface area (Å²) in [6.45, 7) is 4.43. The molecule has 0 radical (unpaired) electrons. The van der Waals surface area contributed by atoms with Gasteiger partial charge in [-0.1, -0.05) is 11.6 Å². The van der Waals surface area contributed by atoms with E-state index in [1.54, 1.807) is 26.0 Å². The van der Waals surface area contributed by atoms with Crippen LogP contribution >= 0.6 is 11.6 Å². The van der Waals surface area contributed by atoms with Gasteiger partial charge in [0.1, 0.15) is 5.76 Å². The van der Waals surface area contributed by atoms with Crippen molar-refractivity contribution in [3.05, 3.63) is 52.4 Å². The average molecular weight is 458 g/mol. The highest BCUT2D eigenvalue weighted by molar-refractivity contribution is 6.30. The predicted molar refractivity (Wildman–Crippen MR) is 110 cm³/mol. The highest BCUT2D eigenvalue weighted by Crippen LogP contribution is 2.36. The van der Waals surface area contributed by atoms with Crippen molar-refractivity contribution < 1.29 is 27.2 Å². The van der Waals surface area contributed by atoms with Crippen molar-refractivity contribution in [3.8, 4) is 0 Å². The van der Waals surface area contributed by atoms with Gasteiger partial charge < -0.3 is 15.1 Å². The van der Waals surface area contributed by atoms with Crippen LogP contribution in [0, 0.1) is 6.92 Å². The minimum Gasteiger partial charge on any atom is -0.456 e. The number of hydrogen-bond acceptors (Lipinski definition) is 4. The fourth-order valence-corrected chi connectivity index (χ4v) is 3.68. The van der Waals surface area contributed by atoms with Crippen molar-refractivity contribution in [1.82, 2.24) is 10.2 Å². The van der Waals surface area contributed by atoms with E-state index in [2.05, 4.69) is 10.6 Å². The van der Waals surface area contributed by atoms with Crippen molar-refractivity contribution >= 4 is 29.1 Å². The van der Waals surface area contributed by atoms with E-state index in [1.165, 1.54) is 6.07 Å². The van der Waals surface area contributed by atoms with Gasteiger partial charge in [-0.3, -0.25) is 14.5 Å². The van der Waals surface area contributed by atoms with Gasteiger partial charge in [0.2, 0.25) is 5.91 Å². The summed E-state index contributed by atoms with van der Waals surface area (Å²) in [7, 11) is 0. The number of piperidine rings is 1. The number of anilines is 1. The largest absolute Gasteiger partial charge is 0.456 e. The molecule has 31 heavy (non-hydrogen) atoms. The molecule has 1 unspecified atom stereocenters. The molecule has 10 heteroatoms. The van der Waals surface area contributed by atoms with Gasteiger partial charge in [-0.05, 0) is 57.0 Å². The van der Waals surface area contributed by atoms with E-state index in [1.807, 2.05) is 4.90 Å². The summed E-state index contributed by atoms with van der Waals surface area (Å²) in [5.41, 5.74) is -1.32. The maximum absolute atomic E-state index is 13.2. The van der Waals surface area contributed by atoms with Gasteiger partial charge in [-0.2, -0.15) is 13.2 Å². The summed E-state index contributed by atoms with van der Waals surface area (Å²) in [5.74, 6) is 0.0615. The van der Waals surface area contributed by atoms with Gasteiger partial charge in [0.25, 0.3) is 5.91 Å². The number of benzene rings is 1. The molecule has 1 atom stereocenters. The van der Waals surface area contributed by atoms with Gasteiger partial charge >= 0.3 is 6.18 Å². The Morgan fingerprint density at radius 2 is 1.87 bits per heavy atom. The minimum absolute atomic E-state index is 0.0628. The van der Waals surface area contributed by atoms with Crippen LogP contribution in [0.1, 0.15) is 41.6 Å². The highest BCUT2D eigenvalue weighted by atomic mass is 35.5. The van der Waals surface area contributed by atoms with Crippen LogP contribution in [0.5, 0.6) is 0 Å². The normalized spacial score (nSPS) is 16.7. The molecule has 0 aliphatic carbocycles. The van der Waals surface area contributed by atoms with Gasteiger partial charge in [0, 0.05) is 24.2 Å². The number of carbonyl (C=O) groups is 2. The highest BCUT2D eigenvalue weighted by Gasteiger charge is 2.35. The van der Waals surface area contributed by atoms with Crippen LogP contribution < -0.4 is 10.6 Å². The standard InChI is InChI=1S/C21H23ClF3N3O3/c1-12-3-6-18(31-12)20(30)26-15-7-9-28(10-8-15)13(2)19(29)27-17-5-4-14(22)11-16(17)21(23,24)25/h3-6,11,13,15H,7-10H2,1-2H3,(H,26,30)(H,27,29). The summed E-state index contributed by atoms with van der Waals surface area (Å²) < 4.78 is 45.0. The molecular formula is C21H23ClF3N3O3. The van der Waals surface area contributed by atoms with Crippen LogP contribution in [-0.4, -0.2) is 41.9 Å². The van der Waals surface area contributed by atoms with Crippen molar-refractivity contribution in [2.75, 3.05) is 18.4 Å². The summed E-state index contributed by atoms with van der Waals surface area (Å²) in [6.07, 6.45) is -3.42. The number of hydrogen-bond donors (Lipinski definition) is 2. The molecule has 1 aromatic carbocycles. The Hall–Kier alpha value is -2.52. The second kappa shape index (κ2) is 9.32. The fourth-order valence-electron chi connectivity index (χ4n) is 3.51. The van der Waals surface area contributed by atoms with Crippen LogP contribution in [0.3, 0.4) is 0 Å². The summed E-state index contributed by atoms with van der Waals surface area (Å²) >= 11 is 5.68. The number of nitrogens with one attached hydrogen (secondary N) is 2. The van der Waals surface area contributed by atoms with Crippen molar-refractivity contribution in [3.63, 3.8) is 0 Å². The Kier molecular flexibility index (Phi) is 6.96. The zero-order valence-corrected chi connectivity index (χ0v) is 17.8. The molecule has 6 nitrogen and oxygen atoms in total. The molecule has 168 valence electrons. The maximum atomic E-state index is 13.2. The van der Waals surface area contributed by atoms with Crippen molar-refractivity contribution in [1.29, 1.82) is 0 Å². The number of amides is 2. The van der Waals surface area contributed by atoms with Crippen LogP contribution in [-0.2, 0) is 11.0 Å². The quantitative estimate of drug-likeness (QED) is 0.694. The van der Waals surface area contributed by atoms with Crippen LogP contribution in [0.25, 0.3) is 0 Å². The Morgan fingerprint density at radius 3 is 2.45 bits per heavy atom. The first-order chi connectivity index (χ1) is 14.5. The molecule has 0 saturated carbocycles. The zero-order valence-electron chi connectivity index (χ0n) is 17.1. The number of carbonyl (C=O) groups excluding carboxylic acids is 2. The van der Waals surface area contributed by atoms with Crippen LogP contribution in [0.4, 0.5) is 18.9 Å². The third-order valence-corrected chi connectivity index (χ3v) is 5.54. The molecule has 2 amide bonds. The van der Waals surface area contributed by atoms with E-state index in [-0.39, 0.29) is 28.4 Å². The topological polar surface area (TPSA) is 74.6 Å². The molecule has 1 saturated heterocycles. The van der Waals surface area contributed by atoms with Gasteiger partial charge in [-0.15, -0.1) is 0 Å². The smallest absolute Gasteiger partial charge is 0.418 e. The lowest BCUT2D eigenvalue weighted by Crippen LogP contribution is -2.50. The van der Waals surface area contributed by atoms with E-state index in [0.717, 1.165) is 12.1 Å². The molecule has 2 N–H and O–H groups in total. The second-order valence-electron chi connectivity index (χ2n) is 7.55. The summed E-state index contributed by atoms with van der Waals surface area (Å²) in [6, 6.07) is 5.84. The molecular weight excluding hydrogens is 435 g/mol. The average Bonchev–Trinajstić information content (AvgIpc) is 3.15. The first kappa shape index (κ1) is 23.1. The molecule has 3 rings (SSSR count). The van der Waals surface area contributed by atoms with Crippen LogP contribution in [0.15, 0.2) is 34.7 Å². The third kappa shape index (κ3) is 5.80. The molecule has 0 spiro atoms. The number of halogens is 4. The number of aryl methyl sites for hydroxylation is 1. The third-order valence-electron chi connectivity index (χ3n) is 5.30. The van der Waals surface area contributed by atoms with Gasteiger partial charge in [0.05, 0.1) is 17.3 Å². The van der Waals surface area contributed by atoms with Gasteiger partial charge in [0.15, 0.2) is 5.76 Å². The number of rotatable bonds is 5. The van der Waals surface area contributed by atoms with E-state index in [4.69, 9.17) is 16.0 Å². The zero-order chi connectivity index (χ0) is 22.8. The second-order valence-corrected chi connectivity index (χ2v) is 7.98. The summed E-state index contributed by atoms with van der Waals surface area (Å²) in [4.78, 5) is 26.7.